The van der Waals surface area contributed by atoms with Crippen LogP contribution in [0.15, 0.2) is 0 Å². The van der Waals surface area contributed by atoms with Crippen LogP contribution in [0.5, 0.6) is 0 Å². The third-order valence-corrected chi connectivity index (χ3v) is 0. The molecular weight excluding hydrogens is 209 g/mol. The topological polar surface area (TPSA) is 0 Å². The van der Waals surface area contributed by atoms with Crippen LogP contribution < -0.4 is 0 Å². The molecule has 0 aliphatic carbocycles. The van der Waals surface area contributed by atoms with Gasteiger partial charge in [0.2, 0.25) is 0 Å². The van der Waals surface area contributed by atoms with Gasteiger partial charge in [0.15, 0.2) is 17.4 Å². The van der Waals surface area contributed by atoms with Gasteiger partial charge in [-0.15, -0.1) is 0 Å². The molecular formula is H7AlCaCoMgNi. The molecule has 5 heteroatoms. The third-order valence-electron chi connectivity index (χ3n) is 0. The van der Waals surface area contributed by atoms with Crippen molar-refractivity contribution < 1.29 is 39.0 Å². The molecule has 5 heavy (non-hydrogen) atoms. The molecule has 0 N–H and O–H groups in total. The van der Waals surface area contributed by atoms with Crippen molar-refractivity contribution in [2.75, 3.05) is 0 Å². The van der Waals surface area contributed by atoms with E-state index in [0.717, 1.165) is 0 Å². The molecule has 0 rings (SSSR count). The summed E-state index contributed by atoms with van der Waals surface area (Å²) in [6.45, 7) is 0. The zero-order chi connectivity index (χ0) is 0. The fourth-order valence-corrected chi connectivity index (χ4v) is 0. The summed E-state index contributed by atoms with van der Waals surface area (Å²) in [5.74, 6) is 0. The quantitative estimate of drug-likeness (QED) is 0.432. The molecule has 0 aromatic carbocycles. The molecule has 0 saturated heterocycles. The molecule has 0 unspecified atom stereocenters. The van der Waals surface area contributed by atoms with Crippen LogP contribution in [0.25, 0.3) is 0 Å². The van der Waals surface area contributed by atoms with Gasteiger partial charge in [0.1, 0.15) is 0 Å². The predicted octanol–water partition coefficient (Wildman–Crippen LogP) is -1.50. The molecule has 0 fully saturated rings. The summed E-state index contributed by atoms with van der Waals surface area (Å²) in [5.41, 5.74) is 0. The van der Waals surface area contributed by atoms with E-state index >= 15 is 0 Å². The van der Waals surface area contributed by atoms with Crippen molar-refractivity contribution in [3.05, 3.63) is 0 Å². The van der Waals surface area contributed by atoms with Crippen LogP contribution in [0.1, 0.15) is 5.71 Å². The maximum absolute atomic E-state index is 0. The monoisotopic (exact) mass is 215 g/mol. The number of hydrogen-bond acceptors (Lipinski definition) is 0. The van der Waals surface area contributed by atoms with Crippen molar-refractivity contribution in [3.8, 4) is 0 Å². The van der Waals surface area contributed by atoms with E-state index in [4.69, 9.17) is 0 Å². The minimum atomic E-state index is 0. The first-order chi connectivity index (χ1) is 0. The first kappa shape index (κ1) is 38.6. The summed E-state index contributed by atoms with van der Waals surface area (Å²) in [6, 6.07) is 0. The van der Waals surface area contributed by atoms with Gasteiger partial charge in [-0.1, -0.05) is 0 Å². The van der Waals surface area contributed by atoms with Gasteiger partial charge in [-0.25, -0.2) is 0 Å². The van der Waals surface area contributed by atoms with E-state index in [1.54, 1.807) is 0 Å². The van der Waals surface area contributed by atoms with E-state index in [1.807, 2.05) is 0 Å². The minimum absolute atomic E-state index is 0. The Kier molecular flexibility index (Phi) is 198. The van der Waals surface area contributed by atoms with Crippen LogP contribution in [0.2, 0.25) is 0 Å². The molecule has 0 nitrogen and oxygen atoms in total. The second kappa shape index (κ2) is 25.7. The molecule has 0 aliphatic heterocycles. The second-order valence-electron chi connectivity index (χ2n) is 0. The van der Waals surface area contributed by atoms with Gasteiger partial charge in [-0.05, 0) is 0 Å². The van der Waals surface area contributed by atoms with E-state index < -0.39 is 0 Å². The van der Waals surface area contributed by atoms with E-state index in [9.17, 15) is 0 Å². The molecule has 0 spiro atoms. The van der Waals surface area contributed by atoms with Gasteiger partial charge in [0.05, 0.1) is 0 Å². The molecule has 1 radical (unpaired) electrons. The smallest absolute Gasteiger partial charge is 1.00 e. The van der Waals surface area contributed by atoms with E-state index in [-0.39, 0.29) is 117 Å². The second-order valence-corrected chi connectivity index (χ2v) is 0. The Morgan fingerprint density at radius 2 is 1.20 bits per heavy atom. The van der Waals surface area contributed by atoms with Crippen LogP contribution in [-0.2, 0) is 33.3 Å². The number of rotatable bonds is 0. The van der Waals surface area contributed by atoms with E-state index in [0.29, 0.717) is 0 Å². The van der Waals surface area contributed by atoms with Gasteiger partial charge in [-0.2, -0.15) is 0 Å². The van der Waals surface area contributed by atoms with Crippen molar-refractivity contribution >= 4 is 78.2 Å². The average molecular weight is 216 g/mol. The van der Waals surface area contributed by atoms with Crippen molar-refractivity contribution in [1.29, 1.82) is 0 Å². The van der Waals surface area contributed by atoms with E-state index in [1.165, 1.54) is 0 Å². The number of hydrogen-bond donors (Lipinski definition) is 0. The third kappa shape index (κ3) is 18.4. The summed E-state index contributed by atoms with van der Waals surface area (Å²) < 4.78 is 0. The van der Waals surface area contributed by atoms with Gasteiger partial charge in [0.25, 0.3) is 0 Å². The molecule has 0 bridgehead atoms. The Morgan fingerprint density at radius 1 is 1.20 bits per heavy atom. The molecule has 33 valence electrons. The Hall–Kier alpha value is 3.56. The van der Waals surface area contributed by atoms with Crippen LogP contribution in [0.3, 0.4) is 0 Å². The zero-order valence-corrected chi connectivity index (χ0v) is 7.72. The summed E-state index contributed by atoms with van der Waals surface area (Å²) in [7, 11) is 0. The molecule has 0 aliphatic rings. The van der Waals surface area contributed by atoms with Crippen molar-refractivity contribution in [1.82, 2.24) is 0 Å². The van der Waals surface area contributed by atoms with E-state index in [2.05, 4.69) is 0 Å². The fourth-order valence-electron chi connectivity index (χ4n) is 0. The van der Waals surface area contributed by atoms with Crippen LogP contribution in [0, 0.1) is 0 Å². The standard InChI is InChI=1S/Al.Ca.Co.Mg.Ni.7H/q;+2;;+2;;;;;4*-1. The molecule has 0 aromatic rings. The molecule has 0 amide bonds. The Labute approximate surface area is 115 Å². The molecule has 0 atom stereocenters. The van der Waals surface area contributed by atoms with Crippen molar-refractivity contribution in [3.63, 3.8) is 0 Å². The summed E-state index contributed by atoms with van der Waals surface area (Å²) >= 11 is 0. The van der Waals surface area contributed by atoms with Crippen LogP contribution in [-0.4, -0.2) is 78.2 Å². The molecule has 0 heterocycles. The molecule has 0 saturated carbocycles. The first-order valence-corrected chi connectivity index (χ1v) is 0. The maximum atomic E-state index is 0. The zero-order valence-electron chi connectivity index (χ0n) is 6.06. The predicted molar refractivity (Wildman–Crippen MR) is 25.9 cm³/mol. The van der Waals surface area contributed by atoms with Crippen molar-refractivity contribution in [2.24, 2.45) is 0 Å². The van der Waals surface area contributed by atoms with Crippen molar-refractivity contribution in [2.45, 2.75) is 0 Å². The Morgan fingerprint density at radius 3 is 1.20 bits per heavy atom. The minimum Gasteiger partial charge on any atom is -1.00 e. The Balaban J connectivity index is 0. The Bertz CT molecular complexity index is 20.5. The fraction of sp³-hybridized carbons (Fsp3) is 0. The SMILES string of the molecule is [AlH3].[Ca+2].[Co].[H-].[H-].[H-].[H-].[Mg+2].[Ni]. The van der Waals surface area contributed by atoms with Crippen LogP contribution in [0.4, 0.5) is 0 Å². The molecule has 0 aromatic heterocycles. The average Bonchev–Trinajstić information content (AvgIpc) is 0. The van der Waals surface area contributed by atoms with Gasteiger partial charge < -0.3 is 5.71 Å². The van der Waals surface area contributed by atoms with Gasteiger partial charge >= 0.3 is 60.8 Å². The summed E-state index contributed by atoms with van der Waals surface area (Å²) in [5, 5.41) is 0. The maximum Gasteiger partial charge on any atom is 2.00 e. The first-order valence-electron chi connectivity index (χ1n) is 0. The van der Waals surface area contributed by atoms with Crippen LogP contribution >= 0.6 is 0 Å². The largest absolute Gasteiger partial charge is 2.00 e. The van der Waals surface area contributed by atoms with Gasteiger partial charge in [-0.3, -0.25) is 0 Å². The summed E-state index contributed by atoms with van der Waals surface area (Å²) in [4.78, 5) is 0. The van der Waals surface area contributed by atoms with Gasteiger partial charge in [0, 0.05) is 33.3 Å². The summed E-state index contributed by atoms with van der Waals surface area (Å²) in [6.07, 6.45) is 0. The normalized spacial score (nSPS) is 0.